The zero-order valence-electron chi connectivity index (χ0n) is 10.4. The first-order valence-electron chi connectivity index (χ1n) is 6.11. The number of hydrogen-bond acceptors (Lipinski definition) is 4. The van der Waals surface area contributed by atoms with E-state index >= 15 is 0 Å². The predicted molar refractivity (Wildman–Crippen MR) is 81.6 cm³/mol. The van der Waals surface area contributed by atoms with Crippen LogP contribution in [0, 0.1) is 0 Å². The molecule has 6 heteroatoms. The molecule has 3 rings (SSSR count). The summed E-state index contributed by atoms with van der Waals surface area (Å²) in [5.41, 5.74) is 0.997. The fraction of sp³-hybridized carbons (Fsp3) is 0.214. The average molecular weight is 354 g/mol. The van der Waals surface area contributed by atoms with E-state index in [9.17, 15) is 4.79 Å². The topological polar surface area (TPSA) is 62.5 Å². The number of halogens is 1. The number of aliphatic carboxylic acids is 1. The number of hydrogen-bond donors (Lipinski definition) is 2. The SMILES string of the molecule is O=C(O)[C@@H]1CN[C@H](c2ccc(-c3ccc(Br)cc3)o2)S1. The number of thioether (sulfide) groups is 1. The van der Waals surface area contributed by atoms with Crippen LogP contribution in [0.5, 0.6) is 0 Å². The van der Waals surface area contributed by atoms with Gasteiger partial charge in [0, 0.05) is 16.6 Å². The van der Waals surface area contributed by atoms with Crippen LogP contribution in [-0.2, 0) is 4.79 Å². The molecular formula is C14H12BrNO3S. The Labute approximate surface area is 128 Å². The lowest BCUT2D eigenvalue weighted by atomic mass is 10.2. The number of carboxylic acids is 1. The summed E-state index contributed by atoms with van der Waals surface area (Å²) in [6.45, 7) is 0.457. The normalized spacial score (nSPS) is 22.1. The molecule has 2 atom stereocenters. The van der Waals surface area contributed by atoms with Gasteiger partial charge in [-0.05, 0) is 24.3 Å². The highest BCUT2D eigenvalue weighted by Gasteiger charge is 2.32. The highest BCUT2D eigenvalue weighted by molar-refractivity contribution is 9.10. The second-order valence-corrected chi connectivity index (χ2v) is 6.69. The molecule has 1 aromatic carbocycles. The van der Waals surface area contributed by atoms with Crippen molar-refractivity contribution in [1.29, 1.82) is 0 Å². The molecule has 0 saturated carbocycles. The Hall–Kier alpha value is -1.24. The van der Waals surface area contributed by atoms with Gasteiger partial charge in [0.05, 0.1) is 0 Å². The molecular weight excluding hydrogens is 342 g/mol. The van der Waals surface area contributed by atoms with E-state index < -0.39 is 11.2 Å². The number of rotatable bonds is 3. The molecule has 0 bridgehead atoms. The molecule has 2 heterocycles. The Kier molecular flexibility index (Phi) is 3.87. The maximum atomic E-state index is 10.9. The second-order valence-electron chi connectivity index (χ2n) is 4.46. The maximum Gasteiger partial charge on any atom is 0.318 e. The van der Waals surface area contributed by atoms with Crippen LogP contribution in [-0.4, -0.2) is 22.9 Å². The Morgan fingerprint density at radius 2 is 2.05 bits per heavy atom. The van der Waals surface area contributed by atoms with Crippen molar-refractivity contribution < 1.29 is 14.3 Å². The van der Waals surface area contributed by atoms with Crippen LogP contribution < -0.4 is 5.32 Å². The summed E-state index contributed by atoms with van der Waals surface area (Å²) in [5, 5.41) is 11.6. The maximum absolute atomic E-state index is 10.9. The fourth-order valence-electron chi connectivity index (χ4n) is 2.05. The first-order valence-corrected chi connectivity index (χ1v) is 7.84. The molecule has 1 aliphatic heterocycles. The molecule has 2 aromatic rings. The van der Waals surface area contributed by atoms with Crippen molar-refractivity contribution in [2.45, 2.75) is 10.6 Å². The van der Waals surface area contributed by atoms with Gasteiger partial charge in [0.2, 0.25) is 0 Å². The quantitative estimate of drug-likeness (QED) is 0.884. The highest BCUT2D eigenvalue weighted by Crippen LogP contribution is 2.37. The van der Waals surface area contributed by atoms with E-state index in [1.165, 1.54) is 11.8 Å². The molecule has 0 radical (unpaired) electrons. The van der Waals surface area contributed by atoms with Gasteiger partial charge in [-0.25, -0.2) is 0 Å². The zero-order valence-corrected chi connectivity index (χ0v) is 12.8. The van der Waals surface area contributed by atoms with E-state index in [0.29, 0.717) is 6.54 Å². The van der Waals surface area contributed by atoms with Gasteiger partial charge >= 0.3 is 5.97 Å². The van der Waals surface area contributed by atoms with Crippen LogP contribution in [0.4, 0.5) is 0 Å². The summed E-state index contributed by atoms with van der Waals surface area (Å²) in [4.78, 5) is 10.9. The summed E-state index contributed by atoms with van der Waals surface area (Å²) >= 11 is 4.77. The zero-order chi connectivity index (χ0) is 14.1. The molecule has 4 nitrogen and oxygen atoms in total. The van der Waals surface area contributed by atoms with Crippen molar-refractivity contribution >= 4 is 33.7 Å². The minimum Gasteiger partial charge on any atom is -0.480 e. The van der Waals surface area contributed by atoms with Gasteiger partial charge in [0.25, 0.3) is 0 Å². The van der Waals surface area contributed by atoms with Gasteiger partial charge < -0.3 is 9.52 Å². The van der Waals surface area contributed by atoms with E-state index in [0.717, 1.165) is 21.6 Å². The Morgan fingerprint density at radius 3 is 2.70 bits per heavy atom. The smallest absolute Gasteiger partial charge is 0.318 e. The van der Waals surface area contributed by atoms with Crippen molar-refractivity contribution in [3.05, 3.63) is 46.6 Å². The van der Waals surface area contributed by atoms with E-state index in [1.807, 2.05) is 36.4 Å². The van der Waals surface area contributed by atoms with Crippen molar-refractivity contribution in [2.24, 2.45) is 0 Å². The number of nitrogens with one attached hydrogen (secondary N) is 1. The molecule has 0 aliphatic carbocycles. The molecule has 1 aliphatic rings. The van der Waals surface area contributed by atoms with Crippen LogP contribution in [0.15, 0.2) is 45.3 Å². The van der Waals surface area contributed by atoms with E-state index in [1.54, 1.807) is 0 Å². The monoisotopic (exact) mass is 353 g/mol. The number of benzene rings is 1. The summed E-state index contributed by atoms with van der Waals surface area (Å²) in [6, 6.07) is 11.7. The van der Waals surface area contributed by atoms with Gasteiger partial charge in [0.15, 0.2) is 0 Å². The lowest BCUT2D eigenvalue weighted by molar-refractivity contribution is -0.136. The fourth-order valence-corrected chi connectivity index (χ4v) is 3.41. The van der Waals surface area contributed by atoms with Crippen molar-refractivity contribution in [1.82, 2.24) is 5.32 Å². The van der Waals surface area contributed by atoms with Gasteiger partial charge in [-0.15, -0.1) is 11.8 Å². The standard InChI is InChI=1S/C14H12BrNO3S/c15-9-3-1-8(2-4-9)10-5-6-11(19-10)13-16-7-12(20-13)14(17)18/h1-6,12-13,16H,7H2,(H,17,18)/t12-,13-/m0/s1. The summed E-state index contributed by atoms with van der Waals surface area (Å²) in [6.07, 6.45) is 0. The van der Waals surface area contributed by atoms with Gasteiger partial charge in [-0.2, -0.15) is 0 Å². The van der Waals surface area contributed by atoms with Gasteiger partial charge in [-0.3, -0.25) is 10.1 Å². The van der Waals surface area contributed by atoms with Crippen molar-refractivity contribution in [2.75, 3.05) is 6.54 Å². The van der Waals surface area contributed by atoms with Crippen molar-refractivity contribution in [3.8, 4) is 11.3 Å². The molecule has 1 aromatic heterocycles. The molecule has 20 heavy (non-hydrogen) atoms. The number of carboxylic acid groups (broad SMARTS) is 1. The van der Waals surface area contributed by atoms with Crippen LogP contribution in [0.2, 0.25) is 0 Å². The lowest BCUT2D eigenvalue weighted by Crippen LogP contribution is -2.21. The molecule has 0 spiro atoms. The van der Waals surface area contributed by atoms with Crippen LogP contribution in [0.3, 0.4) is 0 Å². The molecule has 104 valence electrons. The first-order chi connectivity index (χ1) is 9.63. The number of furan rings is 1. The summed E-state index contributed by atoms with van der Waals surface area (Å²) in [5.74, 6) is 0.759. The molecule has 1 fully saturated rings. The highest BCUT2D eigenvalue weighted by atomic mass is 79.9. The Morgan fingerprint density at radius 1 is 1.30 bits per heavy atom. The van der Waals surface area contributed by atoms with Crippen molar-refractivity contribution in [3.63, 3.8) is 0 Å². The molecule has 1 saturated heterocycles. The van der Waals surface area contributed by atoms with Crippen LogP contribution >= 0.6 is 27.7 Å². The minimum absolute atomic E-state index is 0.0969. The predicted octanol–water partition coefficient (Wildman–Crippen LogP) is 3.50. The first kappa shape index (κ1) is 13.7. The minimum atomic E-state index is -0.787. The Balaban J connectivity index is 1.77. The molecule has 0 unspecified atom stereocenters. The largest absolute Gasteiger partial charge is 0.480 e. The van der Waals surface area contributed by atoms with Crippen LogP contribution in [0.1, 0.15) is 11.1 Å². The molecule has 0 amide bonds. The van der Waals surface area contributed by atoms with Gasteiger partial charge in [-0.1, -0.05) is 28.1 Å². The van der Waals surface area contributed by atoms with E-state index in [2.05, 4.69) is 21.2 Å². The van der Waals surface area contributed by atoms with E-state index in [-0.39, 0.29) is 5.37 Å². The third kappa shape index (κ3) is 2.77. The second kappa shape index (κ2) is 5.63. The molecule has 2 N–H and O–H groups in total. The lowest BCUT2D eigenvalue weighted by Gasteiger charge is -2.05. The third-order valence-electron chi connectivity index (χ3n) is 3.08. The Bertz CT molecular complexity index is 626. The third-order valence-corrected chi connectivity index (χ3v) is 4.98. The van der Waals surface area contributed by atoms with E-state index in [4.69, 9.17) is 9.52 Å². The number of carbonyl (C=O) groups is 1. The summed E-state index contributed by atoms with van der Waals surface area (Å²) < 4.78 is 6.85. The average Bonchev–Trinajstić information content (AvgIpc) is 3.08. The van der Waals surface area contributed by atoms with Crippen LogP contribution in [0.25, 0.3) is 11.3 Å². The van der Waals surface area contributed by atoms with Gasteiger partial charge in [0.1, 0.15) is 22.1 Å². The summed E-state index contributed by atoms with van der Waals surface area (Å²) in [7, 11) is 0.